The first-order valence-corrected chi connectivity index (χ1v) is 11.9. The van der Waals surface area contributed by atoms with E-state index in [0.717, 1.165) is 24.5 Å². The largest absolute Gasteiger partial charge is 0.381 e. The van der Waals surface area contributed by atoms with Gasteiger partial charge in [0.1, 0.15) is 5.82 Å². The Morgan fingerprint density at radius 3 is 2.80 bits per heavy atom. The van der Waals surface area contributed by atoms with Gasteiger partial charge in [0.25, 0.3) is 0 Å². The molecule has 0 aliphatic carbocycles. The molecule has 0 bridgehead atoms. The Hall–Kier alpha value is -3.37. The van der Waals surface area contributed by atoms with E-state index in [1.807, 2.05) is 55.1 Å². The van der Waals surface area contributed by atoms with E-state index < -0.39 is 11.1 Å². The van der Waals surface area contributed by atoms with Crippen LogP contribution in [0.25, 0.3) is 5.69 Å². The van der Waals surface area contributed by atoms with Crippen LogP contribution in [0.5, 0.6) is 0 Å². The van der Waals surface area contributed by atoms with Gasteiger partial charge in [0.2, 0.25) is 5.91 Å². The van der Waals surface area contributed by atoms with Gasteiger partial charge in [-0.15, -0.1) is 5.10 Å². The van der Waals surface area contributed by atoms with Crippen LogP contribution in [0.4, 0.5) is 0 Å². The number of hydrogen-bond acceptors (Lipinski definition) is 7. The summed E-state index contributed by atoms with van der Waals surface area (Å²) in [4.78, 5) is 16.7. The monoisotopic (exact) mass is 478 g/mol. The molecule has 1 aliphatic heterocycles. The third-order valence-corrected chi connectivity index (χ3v) is 6.31. The fourth-order valence-corrected chi connectivity index (χ4v) is 4.79. The molecule has 1 aliphatic rings. The maximum atomic E-state index is 12.1. The summed E-state index contributed by atoms with van der Waals surface area (Å²) in [6, 6.07) is 10.1. The van der Waals surface area contributed by atoms with Crippen LogP contribution in [0.15, 0.2) is 55.4 Å². The maximum absolute atomic E-state index is 12.1. The van der Waals surface area contributed by atoms with E-state index in [4.69, 9.17) is 4.74 Å². The van der Waals surface area contributed by atoms with Crippen molar-refractivity contribution in [2.24, 2.45) is 5.92 Å². The van der Waals surface area contributed by atoms with E-state index in [9.17, 15) is 4.79 Å². The molecule has 0 spiro atoms. The summed E-state index contributed by atoms with van der Waals surface area (Å²) < 4.78 is 9.47. The number of hydrogen-bond donors (Lipinski definition) is 2. The van der Waals surface area contributed by atoms with Crippen LogP contribution in [-0.2, 0) is 28.2 Å². The quantitative estimate of drug-likeness (QED) is 0.407. The minimum atomic E-state index is -0.672. The molecule has 186 valence electrons. The van der Waals surface area contributed by atoms with Gasteiger partial charge in [-0.25, -0.2) is 9.67 Å². The lowest BCUT2D eigenvalue weighted by Gasteiger charge is -2.38. The highest BCUT2D eigenvalue weighted by Crippen LogP contribution is 2.30. The lowest BCUT2D eigenvalue weighted by molar-refractivity contribution is -0.118. The maximum Gasteiger partial charge on any atom is 0.243 e. The Morgan fingerprint density at radius 2 is 2.09 bits per heavy atom. The fraction of sp³-hybridized carbons (Fsp3) is 0.480. The second kappa shape index (κ2) is 10.5. The van der Waals surface area contributed by atoms with Crippen molar-refractivity contribution in [1.29, 1.82) is 0 Å². The molecule has 2 aromatic heterocycles. The molecule has 3 aromatic rings. The van der Waals surface area contributed by atoms with Crippen molar-refractivity contribution in [2.45, 2.75) is 57.8 Å². The highest BCUT2D eigenvalue weighted by Gasteiger charge is 2.39. The summed E-state index contributed by atoms with van der Waals surface area (Å²) in [6.45, 7) is 12.2. The molecular weight excluding hydrogens is 444 g/mol. The van der Waals surface area contributed by atoms with Crippen molar-refractivity contribution in [3.05, 3.63) is 67.0 Å². The van der Waals surface area contributed by atoms with Crippen LogP contribution in [0.3, 0.4) is 0 Å². The summed E-state index contributed by atoms with van der Waals surface area (Å²) in [7, 11) is 0. The molecule has 10 nitrogen and oxygen atoms in total. The van der Waals surface area contributed by atoms with E-state index in [0.29, 0.717) is 37.9 Å². The molecular formula is C25H34N8O2. The van der Waals surface area contributed by atoms with Crippen LogP contribution in [0, 0.1) is 5.92 Å². The molecule has 3 heterocycles. The zero-order valence-electron chi connectivity index (χ0n) is 20.6. The van der Waals surface area contributed by atoms with Crippen LogP contribution in [0.2, 0.25) is 0 Å². The Kier molecular flexibility index (Phi) is 7.42. The van der Waals surface area contributed by atoms with E-state index in [2.05, 4.69) is 49.2 Å². The van der Waals surface area contributed by atoms with Crippen molar-refractivity contribution in [2.75, 3.05) is 13.2 Å². The van der Waals surface area contributed by atoms with Crippen LogP contribution in [0.1, 0.15) is 45.3 Å². The average molecular weight is 479 g/mol. The van der Waals surface area contributed by atoms with Crippen molar-refractivity contribution < 1.29 is 9.53 Å². The summed E-state index contributed by atoms with van der Waals surface area (Å²) >= 11 is 0. The van der Waals surface area contributed by atoms with E-state index in [-0.39, 0.29) is 5.91 Å². The van der Waals surface area contributed by atoms with Crippen molar-refractivity contribution in [1.82, 2.24) is 40.4 Å². The first-order chi connectivity index (χ1) is 16.8. The first kappa shape index (κ1) is 24.7. The predicted molar refractivity (Wildman–Crippen MR) is 132 cm³/mol. The van der Waals surface area contributed by atoms with Crippen molar-refractivity contribution in [3.8, 4) is 5.69 Å². The molecule has 2 unspecified atom stereocenters. The standard InChI is InChI=1S/C25H34N8O2/c1-5-22(34)28-24(2,3)18-25(4,23-29-30-31-33(23)16-19-11-14-35-17-19)27-15-21-26-12-13-32(21)20-9-7-6-8-10-20/h5-10,12-13,19,27H,1,11,14-18H2,2-4H3,(H,28,34). The molecule has 35 heavy (non-hydrogen) atoms. The molecule has 2 N–H and O–H groups in total. The molecule has 2 atom stereocenters. The number of rotatable bonds is 11. The number of carbonyl (C=O) groups is 1. The van der Waals surface area contributed by atoms with Crippen LogP contribution >= 0.6 is 0 Å². The zero-order valence-corrected chi connectivity index (χ0v) is 20.6. The van der Waals surface area contributed by atoms with Gasteiger partial charge in [-0.2, -0.15) is 0 Å². The molecule has 4 rings (SSSR count). The summed E-state index contributed by atoms with van der Waals surface area (Å²) in [6.07, 6.45) is 6.54. The normalized spacial score (nSPS) is 17.7. The van der Waals surface area contributed by atoms with E-state index in [1.165, 1.54) is 6.08 Å². The topological polar surface area (TPSA) is 112 Å². The smallest absolute Gasteiger partial charge is 0.243 e. The summed E-state index contributed by atoms with van der Waals surface area (Å²) in [5.74, 6) is 1.72. The number of carbonyl (C=O) groups excluding carboxylic acids is 1. The number of benzene rings is 1. The summed E-state index contributed by atoms with van der Waals surface area (Å²) in [5.41, 5.74) is -0.197. The second-order valence-electron chi connectivity index (χ2n) is 9.90. The van der Waals surface area contributed by atoms with Crippen LogP contribution < -0.4 is 10.6 Å². The van der Waals surface area contributed by atoms with Crippen molar-refractivity contribution >= 4 is 5.91 Å². The third-order valence-electron chi connectivity index (χ3n) is 6.31. The number of imidazole rings is 1. The lowest BCUT2D eigenvalue weighted by Crippen LogP contribution is -2.53. The molecule has 1 aromatic carbocycles. The number of ether oxygens (including phenoxy) is 1. The van der Waals surface area contributed by atoms with Gasteiger partial charge in [-0.1, -0.05) is 24.8 Å². The number of aromatic nitrogens is 6. The lowest BCUT2D eigenvalue weighted by atomic mass is 9.84. The highest BCUT2D eigenvalue weighted by atomic mass is 16.5. The number of para-hydroxylation sites is 1. The second-order valence-corrected chi connectivity index (χ2v) is 9.90. The number of nitrogens with zero attached hydrogens (tertiary/aromatic N) is 6. The van der Waals surface area contributed by atoms with Crippen molar-refractivity contribution in [3.63, 3.8) is 0 Å². The molecule has 1 fully saturated rings. The number of nitrogens with one attached hydrogen (secondary N) is 2. The fourth-order valence-electron chi connectivity index (χ4n) is 4.79. The minimum Gasteiger partial charge on any atom is -0.381 e. The Balaban J connectivity index is 1.61. The van der Waals surface area contributed by atoms with Gasteiger partial charge < -0.3 is 14.6 Å². The average Bonchev–Trinajstić information content (AvgIpc) is 3.60. The zero-order chi connectivity index (χ0) is 24.9. The molecule has 0 saturated carbocycles. The highest BCUT2D eigenvalue weighted by molar-refractivity contribution is 5.87. The Bertz CT molecular complexity index is 1130. The van der Waals surface area contributed by atoms with Gasteiger partial charge in [0, 0.05) is 42.7 Å². The van der Waals surface area contributed by atoms with Gasteiger partial charge in [0.15, 0.2) is 5.82 Å². The van der Waals surface area contributed by atoms with Gasteiger partial charge >= 0.3 is 0 Å². The SMILES string of the molecule is C=CC(=O)NC(C)(C)CC(C)(NCc1nccn1-c1ccccc1)c1nnnn1CC1CCOC1. The first-order valence-electron chi connectivity index (χ1n) is 11.9. The summed E-state index contributed by atoms with van der Waals surface area (Å²) in [5, 5.41) is 19.4. The molecule has 1 saturated heterocycles. The molecule has 10 heteroatoms. The number of amides is 1. The third kappa shape index (κ3) is 6.01. The molecule has 1 amide bonds. The predicted octanol–water partition coefficient (Wildman–Crippen LogP) is 2.37. The number of tetrazole rings is 1. The van der Waals surface area contributed by atoms with Crippen LogP contribution in [-0.4, -0.2) is 54.4 Å². The van der Waals surface area contributed by atoms with Gasteiger partial charge in [0.05, 0.1) is 18.7 Å². The minimum absolute atomic E-state index is 0.223. The van der Waals surface area contributed by atoms with Gasteiger partial charge in [-0.05, 0) is 62.2 Å². The van der Waals surface area contributed by atoms with Gasteiger partial charge in [-0.3, -0.25) is 10.1 Å². The van der Waals surface area contributed by atoms with E-state index in [1.54, 1.807) is 6.20 Å². The Morgan fingerprint density at radius 1 is 1.29 bits per heavy atom. The Labute approximate surface area is 205 Å². The van der Waals surface area contributed by atoms with E-state index >= 15 is 0 Å². The molecule has 0 radical (unpaired) electrons.